The third-order valence-electron chi connectivity index (χ3n) is 6.87. The molecular weight excluding hydrogens is 438 g/mol. The molecular formula is C30H33NO4. The molecule has 0 saturated heterocycles. The van der Waals surface area contributed by atoms with E-state index in [0.29, 0.717) is 17.2 Å². The molecule has 3 aromatic carbocycles. The molecule has 0 fully saturated rings. The number of para-hydroxylation sites is 1. The standard InChI is InChI=1S/C30H33NO4/c1-29(2)20-30(3,22-12-8-7-9-13-22)23-14-10-11-15-24(23)31(29)27(32)17-16-21-18-25(33-4)28(35-6)26(19-21)34-5/h7-19H,20H2,1-6H3/b17-16+. The molecule has 1 atom stereocenters. The summed E-state index contributed by atoms with van der Waals surface area (Å²) in [5, 5.41) is 0. The molecule has 0 N–H and O–H groups in total. The molecule has 1 aliphatic heterocycles. The van der Waals surface area contributed by atoms with Crippen LogP contribution in [0.3, 0.4) is 0 Å². The molecule has 1 unspecified atom stereocenters. The predicted octanol–water partition coefficient (Wildman–Crippen LogP) is 6.25. The fourth-order valence-corrected chi connectivity index (χ4v) is 5.42. The summed E-state index contributed by atoms with van der Waals surface area (Å²) in [5.41, 5.74) is 3.51. The van der Waals surface area contributed by atoms with E-state index in [4.69, 9.17) is 14.2 Å². The van der Waals surface area contributed by atoms with E-state index in [0.717, 1.165) is 23.2 Å². The monoisotopic (exact) mass is 471 g/mol. The molecule has 4 rings (SSSR count). The summed E-state index contributed by atoms with van der Waals surface area (Å²) in [5.74, 6) is 1.53. The SMILES string of the molecule is COc1cc(/C=C/C(=O)N2c3ccccc3C(C)(c3ccccc3)CC2(C)C)cc(OC)c1OC. The van der Waals surface area contributed by atoms with Gasteiger partial charge in [-0.3, -0.25) is 4.79 Å². The number of methoxy groups -OCH3 is 3. The smallest absolute Gasteiger partial charge is 0.251 e. The van der Waals surface area contributed by atoms with Crippen molar-refractivity contribution in [3.8, 4) is 17.2 Å². The highest BCUT2D eigenvalue weighted by Crippen LogP contribution is 2.50. The summed E-state index contributed by atoms with van der Waals surface area (Å²) in [7, 11) is 4.72. The van der Waals surface area contributed by atoms with E-state index in [1.165, 1.54) is 5.56 Å². The highest BCUT2D eigenvalue weighted by atomic mass is 16.5. The van der Waals surface area contributed by atoms with Crippen LogP contribution in [0.5, 0.6) is 17.2 Å². The van der Waals surface area contributed by atoms with Gasteiger partial charge in [-0.2, -0.15) is 0 Å². The fraction of sp³-hybridized carbons (Fsp3) is 0.300. The van der Waals surface area contributed by atoms with Crippen LogP contribution in [0.2, 0.25) is 0 Å². The number of amides is 1. The molecule has 0 aliphatic carbocycles. The Morgan fingerprint density at radius 2 is 1.46 bits per heavy atom. The molecule has 0 bridgehead atoms. The third-order valence-corrected chi connectivity index (χ3v) is 6.87. The van der Waals surface area contributed by atoms with Gasteiger partial charge in [-0.05, 0) is 61.2 Å². The number of hydrogen-bond donors (Lipinski definition) is 0. The maximum atomic E-state index is 13.7. The molecule has 0 aromatic heterocycles. The predicted molar refractivity (Wildman–Crippen MR) is 141 cm³/mol. The van der Waals surface area contributed by atoms with E-state index in [9.17, 15) is 4.79 Å². The van der Waals surface area contributed by atoms with E-state index < -0.39 is 5.54 Å². The number of benzene rings is 3. The summed E-state index contributed by atoms with van der Waals surface area (Å²) in [6.07, 6.45) is 4.20. The van der Waals surface area contributed by atoms with Crippen molar-refractivity contribution in [1.82, 2.24) is 0 Å². The van der Waals surface area contributed by atoms with Gasteiger partial charge in [-0.1, -0.05) is 55.5 Å². The second-order valence-corrected chi connectivity index (χ2v) is 9.67. The summed E-state index contributed by atoms with van der Waals surface area (Å²) in [4.78, 5) is 15.6. The number of anilines is 1. The van der Waals surface area contributed by atoms with Crippen molar-refractivity contribution < 1.29 is 19.0 Å². The molecule has 35 heavy (non-hydrogen) atoms. The first kappa shape index (κ1) is 24.4. The Labute approximate surface area is 207 Å². The average Bonchev–Trinajstić information content (AvgIpc) is 2.86. The van der Waals surface area contributed by atoms with Gasteiger partial charge in [-0.15, -0.1) is 0 Å². The second-order valence-electron chi connectivity index (χ2n) is 9.67. The summed E-state index contributed by atoms with van der Waals surface area (Å²) in [6, 6.07) is 22.4. The van der Waals surface area contributed by atoms with Crippen molar-refractivity contribution in [2.75, 3.05) is 26.2 Å². The zero-order chi connectivity index (χ0) is 25.2. The van der Waals surface area contributed by atoms with Crippen molar-refractivity contribution in [2.45, 2.75) is 38.1 Å². The summed E-state index contributed by atoms with van der Waals surface area (Å²) >= 11 is 0. The molecule has 0 spiro atoms. The van der Waals surface area contributed by atoms with Gasteiger partial charge >= 0.3 is 0 Å². The molecule has 1 amide bonds. The molecule has 5 nitrogen and oxygen atoms in total. The normalized spacial score (nSPS) is 18.7. The number of rotatable bonds is 6. The number of hydrogen-bond acceptors (Lipinski definition) is 4. The average molecular weight is 472 g/mol. The van der Waals surface area contributed by atoms with Crippen molar-refractivity contribution >= 4 is 17.7 Å². The zero-order valence-corrected chi connectivity index (χ0v) is 21.3. The molecule has 1 heterocycles. The Kier molecular flexibility index (Phi) is 6.62. The van der Waals surface area contributed by atoms with Crippen LogP contribution in [-0.4, -0.2) is 32.8 Å². The van der Waals surface area contributed by atoms with Crippen LogP contribution in [-0.2, 0) is 10.2 Å². The van der Waals surface area contributed by atoms with Gasteiger partial charge < -0.3 is 19.1 Å². The lowest BCUT2D eigenvalue weighted by molar-refractivity contribution is -0.115. The maximum Gasteiger partial charge on any atom is 0.251 e. The lowest BCUT2D eigenvalue weighted by atomic mass is 9.65. The minimum atomic E-state index is -0.407. The molecule has 1 aliphatic rings. The van der Waals surface area contributed by atoms with E-state index in [1.807, 2.05) is 41.3 Å². The van der Waals surface area contributed by atoms with Gasteiger partial charge in [-0.25, -0.2) is 0 Å². The Morgan fingerprint density at radius 3 is 2.06 bits per heavy atom. The van der Waals surface area contributed by atoms with Crippen molar-refractivity contribution in [3.05, 3.63) is 89.5 Å². The van der Waals surface area contributed by atoms with E-state index in [2.05, 4.69) is 51.1 Å². The number of carbonyl (C=O) groups is 1. The van der Waals surface area contributed by atoms with Crippen LogP contribution in [0, 0.1) is 0 Å². The quantitative estimate of drug-likeness (QED) is 0.399. The third kappa shape index (κ3) is 4.39. The van der Waals surface area contributed by atoms with Gasteiger partial charge in [0, 0.05) is 22.7 Å². The van der Waals surface area contributed by atoms with Crippen molar-refractivity contribution in [3.63, 3.8) is 0 Å². The fourth-order valence-electron chi connectivity index (χ4n) is 5.42. The Hall–Kier alpha value is -3.73. The summed E-state index contributed by atoms with van der Waals surface area (Å²) < 4.78 is 16.3. The van der Waals surface area contributed by atoms with Crippen LogP contribution in [0.1, 0.15) is 43.9 Å². The maximum absolute atomic E-state index is 13.7. The largest absolute Gasteiger partial charge is 0.493 e. The number of nitrogens with zero attached hydrogens (tertiary/aromatic N) is 1. The van der Waals surface area contributed by atoms with Crippen LogP contribution < -0.4 is 19.1 Å². The van der Waals surface area contributed by atoms with E-state index >= 15 is 0 Å². The Bertz CT molecular complexity index is 1220. The van der Waals surface area contributed by atoms with Gasteiger partial charge in [0.25, 0.3) is 5.91 Å². The molecule has 5 heteroatoms. The topological polar surface area (TPSA) is 48.0 Å². The van der Waals surface area contributed by atoms with Crippen molar-refractivity contribution in [1.29, 1.82) is 0 Å². The Morgan fingerprint density at radius 1 is 0.857 bits per heavy atom. The summed E-state index contributed by atoms with van der Waals surface area (Å²) in [6.45, 7) is 6.54. The van der Waals surface area contributed by atoms with Gasteiger partial charge in [0.15, 0.2) is 11.5 Å². The van der Waals surface area contributed by atoms with Gasteiger partial charge in [0.05, 0.1) is 21.3 Å². The highest BCUT2D eigenvalue weighted by Gasteiger charge is 2.47. The minimum Gasteiger partial charge on any atom is -0.493 e. The Balaban J connectivity index is 1.74. The van der Waals surface area contributed by atoms with Crippen LogP contribution >= 0.6 is 0 Å². The van der Waals surface area contributed by atoms with Crippen LogP contribution in [0.4, 0.5) is 5.69 Å². The van der Waals surface area contributed by atoms with Gasteiger partial charge in [0.1, 0.15) is 0 Å². The number of ether oxygens (including phenoxy) is 3. The van der Waals surface area contributed by atoms with Crippen molar-refractivity contribution in [2.24, 2.45) is 0 Å². The van der Waals surface area contributed by atoms with Crippen LogP contribution in [0.15, 0.2) is 72.8 Å². The first-order valence-corrected chi connectivity index (χ1v) is 11.7. The molecule has 3 aromatic rings. The molecule has 0 saturated carbocycles. The lowest BCUT2D eigenvalue weighted by Gasteiger charge is -2.51. The van der Waals surface area contributed by atoms with Gasteiger partial charge in [0.2, 0.25) is 5.75 Å². The molecule has 0 radical (unpaired) electrons. The first-order chi connectivity index (χ1) is 16.7. The number of carbonyl (C=O) groups excluding carboxylic acids is 1. The lowest BCUT2D eigenvalue weighted by Crippen LogP contribution is -2.55. The first-order valence-electron chi connectivity index (χ1n) is 11.7. The van der Waals surface area contributed by atoms with Crippen LogP contribution in [0.25, 0.3) is 6.08 Å². The number of fused-ring (bicyclic) bond motifs is 1. The molecule has 182 valence electrons. The highest BCUT2D eigenvalue weighted by molar-refractivity contribution is 6.06. The van der Waals surface area contributed by atoms with E-state index in [1.54, 1.807) is 33.5 Å². The van der Waals surface area contributed by atoms with E-state index in [-0.39, 0.29) is 11.3 Å². The second kappa shape index (κ2) is 9.49. The minimum absolute atomic E-state index is 0.0775. The zero-order valence-electron chi connectivity index (χ0n) is 21.3.